The van der Waals surface area contributed by atoms with Crippen LogP contribution in [0.4, 0.5) is 8.78 Å². The summed E-state index contributed by atoms with van der Waals surface area (Å²) in [6.07, 6.45) is 1.46. The van der Waals surface area contributed by atoms with E-state index in [1.165, 1.54) is 12.1 Å². The third kappa shape index (κ3) is 4.14. The molecule has 106 valence electrons. The molecule has 1 aliphatic rings. The minimum atomic E-state index is -0.806. The molecule has 1 aromatic rings. The molecule has 0 aromatic heterocycles. The molecular weight excluding hydrogens is 276 g/mol. The molecule has 1 atom stereocenters. The Hall–Kier alpha value is -1.20. The Morgan fingerprint density at radius 3 is 2.79 bits per heavy atom. The number of benzene rings is 1. The number of piperidine rings is 1. The van der Waals surface area contributed by atoms with Crippen molar-refractivity contribution in [3.05, 3.63) is 35.4 Å². The highest BCUT2D eigenvalue weighted by Gasteiger charge is 2.25. The molecule has 3 nitrogen and oxygen atoms in total. The van der Waals surface area contributed by atoms with Gasteiger partial charge in [-0.1, -0.05) is 6.07 Å². The zero-order chi connectivity index (χ0) is 13.1. The molecule has 6 heteroatoms. The average molecular weight is 292 g/mol. The number of nitrogens with zero attached hydrogens (tertiary/aromatic N) is 1. The van der Waals surface area contributed by atoms with Gasteiger partial charge < -0.3 is 5.11 Å². The molecule has 1 heterocycles. The van der Waals surface area contributed by atoms with Crippen molar-refractivity contribution in [3.63, 3.8) is 0 Å². The SMILES string of the molecule is Cl.O=C(O)C1CCCN(Cc2ccc(F)cc2F)C1. The molecule has 0 amide bonds. The van der Waals surface area contributed by atoms with Crippen molar-refractivity contribution < 1.29 is 18.7 Å². The molecule has 1 saturated heterocycles. The molecule has 1 aromatic carbocycles. The van der Waals surface area contributed by atoms with Crippen LogP contribution in [0.3, 0.4) is 0 Å². The van der Waals surface area contributed by atoms with Crippen LogP contribution in [0.25, 0.3) is 0 Å². The van der Waals surface area contributed by atoms with Crippen LogP contribution in [-0.2, 0) is 11.3 Å². The predicted octanol–water partition coefficient (Wildman–Crippen LogP) is 2.68. The fourth-order valence-corrected chi connectivity index (χ4v) is 2.29. The van der Waals surface area contributed by atoms with Gasteiger partial charge in [0.05, 0.1) is 5.92 Å². The maximum atomic E-state index is 13.5. The molecule has 0 saturated carbocycles. The standard InChI is InChI=1S/C13H15F2NO2.ClH/c14-11-4-3-9(12(15)6-11)7-16-5-1-2-10(8-16)13(17)18;/h3-4,6,10H,1-2,5,7-8H2,(H,17,18);1H. The first-order valence-corrected chi connectivity index (χ1v) is 5.95. The monoisotopic (exact) mass is 291 g/mol. The normalized spacial score (nSPS) is 19.8. The van der Waals surface area contributed by atoms with Crippen LogP contribution in [0, 0.1) is 17.6 Å². The molecule has 19 heavy (non-hydrogen) atoms. The average Bonchev–Trinajstić information content (AvgIpc) is 2.33. The van der Waals surface area contributed by atoms with Crippen molar-refractivity contribution in [2.75, 3.05) is 13.1 Å². The van der Waals surface area contributed by atoms with E-state index in [2.05, 4.69) is 0 Å². The Kier molecular flexibility index (Phi) is 5.69. The molecule has 0 radical (unpaired) electrons. The summed E-state index contributed by atoms with van der Waals surface area (Å²) in [5, 5.41) is 8.96. The van der Waals surface area contributed by atoms with E-state index >= 15 is 0 Å². The van der Waals surface area contributed by atoms with Gasteiger partial charge in [0, 0.05) is 24.7 Å². The molecule has 1 unspecified atom stereocenters. The minimum Gasteiger partial charge on any atom is -0.481 e. The molecule has 0 aliphatic carbocycles. The van der Waals surface area contributed by atoms with Crippen LogP contribution < -0.4 is 0 Å². The molecule has 0 bridgehead atoms. The number of carbonyl (C=O) groups is 1. The fraction of sp³-hybridized carbons (Fsp3) is 0.462. The number of rotatable bonds is 3. The van der Waals surface area contributed by atoms with Gasteiger partial charge in [0.15, 0.2) is 0 Å². The van der Waals surface area contributed by atoms with Gasteiger partial charge in [-0.2, -0.15) is 0 Å². The highest BCUT2D eigenvalue weighted by atomic mass is 35.5. The third-order valence-electron chi connectivity index (χ3n) is 3.26. The van der Waals surface area contributed by atoms with Gasteiger partial charge in [-0.3, -0.25) is 9.69 Å². The van der Waals surface area contributed by atoms with Crippen LogP contribution in [0.15, 0.2) is 18.2 Å². The summed E-state index contributed by atoms with van der Waals surface area (Å²) in [5.74, 6) is -2.37. The first-order valence-electron chi connectivity index (χ1n) is 5.95. The molecule has 0 spiro atoms. The Labute approximate surface area is 116 Å². The van der Waals surface area contributed by atoms with Gasteiger partial charge in [0.2, 0.25) is 0 Å². The first-order chi connectivity index (χ1) is 8.56. The van der Waals surface area contributed by atoms with Crippen LogP contribution in [-0.4, -0.2) is 29.1 Å². The Balaban J connectivity index is 0.00000180. The van der Waals surface area contributed by atoms with Crippen molar-refractivity contribution in [2.45, 2.75) is 19.4 Å². The van der Waals surface area contributed by atoms with Crippen molar-refractivity contribution in [1.82, 2.24) is 4.90 Å². The van der Waals surface area contributed by atoms with Gasteiger partial charge in [0.1, 0.15) is 11.6 Å². The quantitative estimate of drug-likeness (QED) is 0.931. The van der Waals surface area contributed by atoms with E-state index in [1.807, 2.05) is 4.90 Å². The molecule has 1 aliphatic heterocycles. The van der Waals surface area contributed by atoms with E-state index < -0.39 is 17.6 Å². The number of halogens is 3. The van der Waals surface area contributed by atoms with Crippen LogP contribution in [0.2, 0.25) is 0 Å². The number of likely N-dealkylation sites (tertiary alicyclic amines) is 1. The van der Waals surface area contributed by atoms with Crippen LogP contribution in [0.5, 0.6) is 0 Å². The third-order valence-corrected chi connectivity index (χ3v) is 3.26. The maximum absolute atomic E-state index is 13.5. The van der Waals surface area contributed by atoms with E-state index in [4.69, 9.17) is 5.11 Å². The minimum absolute atomic E-state index is 0. The zero-order valence-electron chi connectivity index (χ0n) is 10.3. The molecule has 2 rings (SSSR count). The highest BCUT2D eigenvalue weighted by Crippen LogP contribution is 2.20. The Morgan fingerprint density at radius 1 is 1.42 bits per heavy atom. The summed E-state index contributed by atoms with van der Waals surface area (Å²) < 4.78 is 26.2. The topological polar surface area (TPSA) is 40.5 Å². The lowest BCUT2D eigenvalue weighted by Gasteiger charge is -2.30. The van der Waals surface area contributed by atoms with E-state index in [0.717, 1.165) is 19.0 Å². The van der Waals surface area contributed by atoms with E-state index in [-0.39, 0.29) is 18.3 Å². The lowest BCUT2D eigenvalue weighted by molar-refractivity contribution is -0.143. The zero-order valence-corrected chi connectivity index (χ0v) is 11.1. The van der Waals surface area contributed by atoms with E-state index in [9.17, 15) is 13.6 Å². The number of hydrogen-bond donors (Lipinski definition) is 1. The summed E-state index contributed by atoms with van der Waals surface area (Å²) in [6, 6.07) is 3.49. The molecular formula is C13H16ClF2NO2. The molecule has 1 fully saturated rings. The van der Waals surface area contributed by atoms with Gasteiger partial charge >= 0.3 is 5.97 Å². The first kappa shape index (κ1) is 15.9. The number of carboxylic acid groups (broad SMARTS) is 1. The van der Waals surface area contributed by atoms with Gasteiger partial charge in [0.25, 0.3) is 0 Å². The summed E-state index contributed by atoms with van der Waals surface area (Å²) in [6.45, 7) is 1.50. The summed E-state index contributed by atoms with van der Waals surface area (Å²) in [5.41, 5.74) is 0.405. The van der Waals surface area contributed by atoms with Gasteiger partial charge in [-0.15, -0.1) is 12.4 Å². The number of aliphatic carboxylic acids is 1. The second-order valence-electron chi connectivity index (χ2n) is 4.65. The summed E-state index contributed by atoms with van der Waals surface area (Å²) in [4.78, 5) is 12.8. The maximum Gasteiger partial charge on any atom is 0.307 e. The molecule has 1 N–H and O–H groups in total. The summed E-state index contributed by atoms with van der Waals surface area (Å²) in [7, 11) is 0. The smallest absolute Gasteiger partial charge is 0.307 e. The van der Waals surface area contributed by atoms with Crippen molar-refractivity contribution in [1.29, 1.82) is 0 Å². The van der Waals surface area contributed by atoms with Gasteiger partial charge in [-0.05, 0) is 25.5 Å². The second-order valence-corrected chi connectivity index (χ2v) is 4.65. The summed E-state index contributed by atoms with van der Waals surface area (Å²) >= 11 is 0. The van der Waals surface area contributed by atoms with Gasteiger partial charge in [-0.25, -0.2) is 8.78 Å². The predicted molar refractivity (Wildman–Crippen MR) is 69.2 cm³/mol. The highest BCUT2D eigenvalue weighted by molar-refractivity contribution is 5.85. The fourth-order valence-electron chi connectivity index (χ4n) is 2.29. The van der Waals surface area contributed by atoms with Crippen molar-refractivity contribution >= 4 is 18.4 Å². The Bertz CT molecular complexity index is 456. The van der Waals surface area contributed by atoms with E-state index in [1.54, 1.807) is 0 Å². The van der Waals surface area contributed by atoms with E-state index in [0.29, 0.717) is 25.1 Å². The lowest BCUT2D eigenvalue weighted by atomic mass is 9.98. The lowest BCUT2D eigenvalue weighted by Crippen LogP contribution is -2.38. The van der Waals surface area contributed by atoms with Crippen molar-refractivity contribution in [2.24, 2.45) is 5.92 Å². The Morgan fingerprint density at radius 2 is 2.16 bits per heavy atom. The second kappa shape index (κ2) is 6.82. The van der Waals surface area contributed by atoms with Crippen molar-refractivity contribution in [3.8, 4) is 0 Å². The largest absolute Gasteiger partial charge is 0.481 e. The number of carboxylic acids is 1. The van der Waals surface area contributed by atoms with Crippen LogP contribution >= 0.6 is 12.4 Å². The van der Waals surface area contributed by atoms with Crippen LogP contribution in [0.1, 0.15) is 18.4 Å². The number of hydrogen-bond acceptors (Lipinski definition) is 2.